The van der Waals surface area contributed by atoms with Gasteiger partial charge in [0.2, 0.25) is 0 Å². The minimum atomic E-state index is 0.642. The van der Waals surface area contributed by atoms with Crippen molar-refractivity contribution in [2.45, 2.75) is 51.6 Å². The van der Waals surface area contributed by atoms with Crippen LogP contribution in [0.25, 0.3) is 0 Å². The van der Waals surface area contributed by atoms with E-state index < -0.39 is 0 Å². The Bertz CT molecular complexity index is 408. The molecule has 0 amide bonds. The van der Waals surface area contributed by atoms with E-state index in [2.05, 4.69) is 18.3 Å². The van der Waals surface area contributed by atoms with E-state index in [0.29, 0.717) is 11.1 Å². The maximum Gasteiger partial charge on any atom is 0.137 e. The van der Waals surface area contributed by atoms with Crippen molar-refractivity contribution in [3.8, 4) is 5.75 Å². The molecule has 0 bridgehead atoms. The highest BCUT2D eigenvalue weighted by molar-refractivity contribution is 6.32. The smallest absolute Gasteiger partial charge is 0.137 e. The molecule has 0 heterocycles. The van der Waals surface area contributed by atoms with Gasteiger partial charge in [-0.25, -0.2) is 0 Å². The molecule has 106 valence electrons. The Labute approximate surface area is 121 Å². The topological polar surface area (TPSA) is 21.3 Å². The summed E-state index contributed by atoms with van der Waals surface area (Å²) in [4.78, 5) is 0. The molecule has 0 spiro atoms. The third-order valence-electron chi connectivity index (χ3n) is 4.15. The molecule has 2 nitrogen and oxygen atoms in total. The first-order chi connectivity index (χ1) is 9.20. The van der Waals surface area contributed by atoms with Gasteiger partial charge < -0.3 is 10.1 Å². The number of benzene rings is 1. The van der Waals surface area contributed by atoms with Gasteiger partial charge in [-0.3, -0.25) is 0 Å². The minimum Gasteiger partial charge on any atom is -0.495 e. The first-order valence-electron chi connectivity index (χ1n) is 7.26. The Hall–Kier alpha value is -0.730. The highest BCUT2D eigenvalue weighted by Crippen LogP contribution is 2.26. The average Bonchev–Trinajstić information content (AvgIpc) is 2.61. The lowest BCUT2D eigenvalue weighted by Gasteiger charge is -2.23. The summed E-state index contributed by atoms with van der Waals surface area (Å²) >= 11 is 6.15. The molecular formula is C16H24ClNO. The molecule has 1 aromatic carbocycles. The zero-order chi connectivity index (χ0) is 13.7. The monoisotopic (exact) mass is 281 g/mol. The quantitative estimate of drug-likeness (QED) is 0.826. The van der Waals surface area contributed by atoms with E-state index in [0.717, 1.165) is 18.2 Å². The average molecular weight is 282 g/mol. The number of hydrogen-bond acceptors (Lipinski definition) is 2. The van der Waals surface area contributed by atoms with E-state index in [1.54, 1.807) is 7.11 Å². The van der Waals surface area contributed by atoms with Crippen LogP contribution in [0.2, 0.25) is 5.02 Å². The van der Waals surface area contributed by atoms with Crippen LogP contribution in [0.15, 0.2) is 18.2 Å². The van der Waals surface area contributed by atoms with Gasteiger partial charge in [-0.15, -0.1) is 0 Å². The Morgan fingerprint density at radius 3 is 2.79 bits per heavy atom. The molecule has 0 radical (unpaired) electrons. The number of hydrogen-bond donors (Lipinski definition) is 1. The molecule has 1 aliphatic carbocycles. The van der Waals surface area contributed by atoms with Crippen molar-refractivity contribution in [3.05, 3.63) is 28.8 Å². The van der Waals surface area contributed by atoms with E-state index in [1.807, 2.05) is 12.1 Å². The van der Waals surface area contributed by atoms with Crippen LogP contribution in [-0.2, 0) is 6.54 Å². The lowest BCUT2D eigenvalue weighted by Crippen LogP contribution is -2.33. The summed E-state index contributed by atoms with van der Waals surface area (Å²) in [5.41, 5.74) is 1.22. The maximum absolute atomic E-state index is 6.15. The van der Waals surface area contributed by atoms with Crippen LogP contribution >= 0.6 is 11.6 Å². The van der Waals surface area contributed by atoms with Gasteiger partial charge in [0, 0.05) is 12.6 Å². The fourth-order valence-electron chi connectivity index (χ4n) is 2.87. The fourth-order valence-corrected chi connectivity index (χ4v) is 3.15. The Morgan fingerprint density at radius 2 is 2.05 bits per heavy atom. The van der Waals surface area contributed by atoms with Crippen LogP contribution in [0.5, 0.6) is 5.75 Å². The molecule has 0 saturated heterocycles. The van der Waals surface area contributed by atoms with Crippen LogP contribution in [0.4, 0.5) is 0 Å². The molecule has 2 unspecified atom stereocenters. The summed E-state index contributed by atoms with van der Waals surface area (Å²) in [5.74, 6) is 1.52. The first kappa shape index (κ1) is 14.7. The predicted octanol–water partition coefficient (Wildman–Crippen LogP) is 4.41. The molecular weight excluding hydrogens is 258 g/mol. The molecule has 3 heteroatoms. The van der Waals surface area contributed by atoms with Crippen molar-refractivity contribution in [2.75, 3.05) is 7.11 Å². The highest BCUT2D eigenvalue weighted by atomic mass is 35.5. The van der Waals surface area contributed by atoms with E-state index in [4.69, 9.17) is 16.3 Å². The van der Waals surface area contributed by atoms with Crippen LogP contribution in [0.3, 0.4) is 0 Å². The molecule has 2 atom stereocenters. The third kappa shape index (κ3) is 4.12. The Morgan fingerprint density at radius 1 is 1.26 bits per heavy atom. The Balaban J connectivity index is 1.92. The lowest BCUT2D eigenvalue weighted by molar-refractivity contribution is 0.356. The van der Waals surface area contributed by atoms with Crippen molar-refractivity contribution in [3.63, 3.8) is 0 Å². The van der Waals surface area contributed by atoms with Crippen LogP contribution in [0, 0.1) is 5.92 Å². The minimum absolute atomic E-state index is 0.642. The molecule has 19 heavy (non-hydrogen) atoms. The van der Waals surface area contributed by atoms with Gasteiger partial charge in [0.25, 0.3) is 0 Å². The first-order valence-corrected chi connectivity index (χ1v) is 7.64. The molecule has 1 N–H and O–H groups in total. The van der Waals surface area contributed by atoms with E-state index in [1.165, 1.54) is 37.7 Å². The number of rotatable bonds is 4. The second kappa shape index (κ2) is 7.16. The number of halogens is 1. The van der Waals surface area contributed by atoms with Gasteiger partial charge in [-0.1, -0.05) is 43.9 Å². The van der Waals surface area contributed by atoms with Gasteiger partial charge in [-0.2, -0.15) is 0 Å². The zero-order valence-electron chi connectivity index (χ0n) is 11.9. The molecule has 1 aliphatic rings. The van der Waals surface area contributed by atoms with Gasteiger partial charge in [0.15, 0.2) is 0 Å². The summed E-state index contributed by atoms with van der Waals surface area (Å²) in [6, 6.07) is 6.66. The summed E-state index contributed by atoms with van der Waals surface area (Å²) in [6.45, 7) is 3.25. The van der Waals surface area contributed by atoms with Crippen molar-refractivity contribution in [1.29, 1.82) is 0 Å². The predicted molar refractivity (Wildman–Crippen MR) is 80.9 cm³/mol. The third-order valence-corrected chi connectivity index (χ3v) is 4.44. The van der Waals surface area contributed by atoms with E-state index in [-0.39, 0.29) is 0 Å². The van der Waals surface area contributed by atoms with Gasteiger partial charge in [0.1, 0.15) is 5.75 Å². The highest BCUT2D eigenvalue weighted by Gasteiger charge is 2.19. The largest absolute Gasteiger partial charge is 0.495 e. The van der Waals surface area contributed by atoms with Crippen molar-refractivity contribution >= 4 is 11.6 Å². The van der Waals surface area contributed by atoms with Crippen molar-refractivity contribution in [1.82, 2.24) is 5.32 Å². The molecule has 1 aromatic rings. The molecule has 0 aliphatic heterocycles. The van der Waals surface area contributed by atoms with Crippen LogP contribution in [0.1, 0.15) is 44.6 Å². The van der Waals surface area contributed by atoms with E-state index in [9.17, 15) is 0 Å². The van der Waals surface area contributed by atoms with Crippen molar-refractivity contribution < 1.29 is 4.74 Å². The fraction of sp³-hybridized carbons (Fsp3) is 0.625. The van der Waals surface area contributed by atoms with Gasteiger partial charge >= 0.3 is 0 Å². The number of nitrogens with one attached hydrogen (secondary N) is 1. The maximum atomic E-state index is 6.15. The van der Waals surface area contributed by atoms with Gasteiger partial charge in [0.05, 0.1) is 12.1 Å². The second-order valence-corrected chi connectivity index (χ2v) is 5.98. The molecule has 2 rings (SSSR count). The van der Waals surface area contributed by atoms with Crippen LogP contribution < -0.4 is 10.1 Å². The standard InChI is InChI=1S/C16H24ClNO/c1-12-6-4-3-5-7-15(12)18-11-13-8-9-16(19-2)14(17)10-13/h8-10,12,15,18H,3-7,11H2,1-2H3. The summed E-state index contributed by atoms with van der Waals surface area (Å²) in [6.07, 6.45) is 6.77. The Kier molecular flexibility index (Phi) is 5.53. The number of methoxy groups -OCH3 is 1. The SMILES string of the molecule is COc1ccc(CNC2CCCCCC2C)cc1Cl. The second-order valence-electron chi connectivity index (χ2n) is 5.57. The van der Waals surface area contributed by atoms with Gasteiger partial charge in [-0.05, 0) is 36.5 Å². The normalized spacial score (nSPS) is 23.9. The zero-order valence-corrected chi connectivity index (χ0v) is 12.7. The molecule has 0 aromatic heterocycles. The van der Waals surface area contributed by atoms with E-state index >= 15 is 0 Å². The molecule has 1 fully saturated rings. The van der Waals surface area contributed by atoms with Crippen molar-refractivity contribution in [2.24, 2.45) is 5.92 Å². The number of ether oxygens (including phenoxy) is 1. The molecule has 1 saturated carbocycles. The summed E-state index contributed by atoms with van der Waals surface area (Å²) < 4.78 is 5.18. The summed E-state index contributed by atoms with van der Waals surface area (Å²) in [5, 5.41) is 4.38. The lowest BCUT2D eigenvalue weighted by atomic mass is 9.97. The van der Waals surface area contributed by atoms with Crippen LogP contribution in [-0.4, -0.2) is 13.2 Å². The summed E-state index contributed by atoms with van der Waals surface area (Å²) in [7, 11) is 1.65.